The van der Waals surface area contributed by atoms with Gasteiger partial charge in [0.25, 0.3) is 0 Å². The maximum atomic E-state index is 13.9. The van der Waals surface area contributed by atoms with Crippen LogP contribution in [0, 0.1) is 0 Å². The van der Waals surface area contributed by atoms with Crippen LogP contribution in [0.25, 0.3) is 10.8 Å². The van der Waals surface area contributed by atoms with E-state index in [1.807, 2.05) is 30.3 Å². The van der Waals surface area contributed by atoms with Crippen molar-refractivity contribution in [1.29, 1.82) is 0 Å². The molecule has 2 aromatic carbocycles. The van der Waals surface area contributed by atoms with Gasteiger partial charge in [0.1, 0.15) is 5.01 Å². The van der Waals surface area contributed by atoms with Gasteiger partial charge in [-0.15, -0.1) is 11.3 Å². The summed E-state index contributed by atoms with van der Waals surface area (Å²) in [6, 6.07) is 12.9. The van der Waals surface area contributed by atoms with Crippen LogP contribution in [0.5, 0.6) is 0 Å². The molecule has 4 rings (SSSR count). The van der Waals surface area contributed by atoms with Crippen LogP contribution in [0.1, 0.15) is 54.5 Å². The number of aromatic nitrogens is 1. The number of esters is 1. The van der Waals surface area contributed by atoms with Crippen LogP contribution in [0.15, 0.2) is 52.7 Å². The summed E-state index contributed by atoms with van der Waals surface area (Å²) in [6.45, 7) is 2.17. The molecule has 0 spiro atoms. The van der Waals surface area contributed by atoms with Crippen LogP contribution < -0.4 is 0 Å². The molecular formula is C23H26N2O4S2. The lowest BCUT2D eigenvalue weighted by atomic mass is 9.95. The van der Waals surface area contributed by atoms with Gasteiger partial charge in [-0.3, -0.25) is 0 Å². The van der Waals surface area contributed by atoms with Crippen molar-refractivity contribution in [2.75, 3.05) is 6.61 Å². The monoisotopic (exact) mass is 458 g/mol. The average Bonchev–Trinajstić information content (AvgIpc) is 3.27. The number of nitrogens with zero attached hydrogens (tertiary/aromatic N) is 2. The van der Waals surface area contributed by atoms with Gasteiger partial charge in [0.2, 0.25) is 10.0 Å². The van der Waals surface area contributed by atoms with Gasteiger partial charge in [-0.25, -0.2) is 18.2 Å². The molecule has 0 radical (unpaired) electrons. The van der Waals surface area contributed by atoms with E-state index in [1.54, 1.807) is 28.7 Å². The van der Waals surface area contributed by atoms with Crippen molar-refractivity contribution >= 4 is 38.1 Å². The Morgan fingerprint density at radius 1 is 1.13 bits per heavy atom. The molecule has 1 fully saturated rings. The van der Waals surface area contributed by atoms with Gasteiger partial charge < -0.3 is 4.74 Å². The second-order valence-electron chi connectivity index (χ2n) is 7.67. The van der Waals surface area contributed by atoms with E-state index in [0.29, 0.717) is 9.90 Å². The predicted octanol–water partition coefficient (Wildman–Crippen LogP) is 5.00. The molecule has 8 heteroatoms. The molecule has 0 N–H and O–H groups in total. The molecule has 31 heavy (non-hydrogen) atoms. The van der Waals surface area contributed by atoms with Crippen LogP contribution in [0.3, 0.4) is 0 Å². The lowest BCUT2D eigenvalue weighted by molar-refractivity contribution is 0.0520. The van der Waals surface area contributed by atoms with Gasteiger partial charge in [0, 0.05) is 16.8 Å². The van der Waals surface area contributed by atoms with Crippen LogP contribution >= 0.6 is 11.3 Å². The van der Waals surface area contributed by atoms with E-state index in [9.17, 15) is 13.2 Å². The van der Waals surface area contributed by atoms with E-state index in [4.69, 9.17) is 4.74 Å². The summed E-state index contributed by atoms with van der Waals surface area (Å²) >= 11 is 1.29. The van der Waals surface area contributed by atoms with Crippen molar-refractivity contribution in [2.45, 2.75) is 56.5 Å². The van der Waals surface area contributed by atoms with Crippen molar-refractivity contribution in [3.63, 3.8) is 0 Å². The number of benzene rings is 2. The zero-order valence-electron chi connectivity index (χ0n) is 17.5. The highest BCUT2D eigenvalue weighted by molar-refractivity contribution is 7.89. The third-order valence-corrected chi connectivity index (χ3v) is 8.44. The van der Waals surface area contributed by atoms with Crippen molar-refractivity contribution in [3.8, 4) is 0 Å². The number of rotatable bonds is 7. The quantitative estimate of drug-likeness (QED) is 0.466. The highest BCUT2D eigenvalue weighted by atomic mass is 32.2. The molecule has 0 unspecified atom stereocenters. The third kappa shape index (κ3) is 4.66. The van der Waals surface area contributed by atoms with Crippen molar-refractivity contribution in [2.24, 2.45) is 0 Å². The van der Waals surface area contributed by atoms with Crippen molar-refractivity contribution < 1.29 is 17.9 Å². The first-order valence-corrected chi connectivity index (χ1v) is 12.9. The Kier molecular flexibility index (Phi) is 6.69. The molecule has 0 saturated heterocycles. The summed E-state index contributed by atoms with van der Waals surface area (Å²) in [4.78, 5) is 16.7. The molecule has 1 aliphatic rings. The molecule has 3 aromatic rings. The van der Waals surface area contributed by atoms with Crippen molar-refractivity contribution in [3.05, 3.63) is 58.5 Å². The fourth-order valence-corrected chi connectivity index (χ4v) is 6.85. The van der Waals surface area contributed by atoms with Crippen LogP contribution in [0.4, 0.5) is 0 Å². The SMILES string of the molecule is CCOC(=O)c1csc(CN(C2CCCCC2)S(=O)(=O)c2cccc3ccccc23)n1. The maximum Gasteiger partial charge on any atom is 0.357 e. The minimum atomic E-state index is -3.76. The lowest BCUT2D eigenvalue weighted by Crippen LogP contribution is -2.41. The maximum absolute atomic E-state index is 13.9. The largest absolute Gasteiger partial charge is 0.461 e. The van der Waals surface area contributed by atoms with Gasteiger partial charge in [0.15, 0.2) is 5.69 Å². The number of hydrogen-bond donors (Lipinski definition) is 0. The summed E-state index contributed by atoms with van der Waals surface area (Å²) in [6.07, 6.45) is 4.82. The number of hydrogen-bond acceptors (Lipinski definition) is 6. The first-order valence-electron chi connectivity index (χ1n) is 10.6. The molecular weight excluding hydrogens is 432 g/mol. The molecule has 1 saturated carbocycles. The van der Waals surface area contributed by atoms with Gasteiger partial charge in [-0.2, -0.15) is 4.31 Å². The zero-order chi connectivity index (χ0) is 21.8. The number of sulfonamides is 1. The summed E-state index contributed by atoms with van der Waals surface area (Å²) in [7, 11) is -3.76. The highest BCUT2D eigenvalue weighted by Crippen LogP contribution is 2.33. The minimum Gasteiger partial charge on any atom is -0.461 e. The zero-order valence-corrected chi connectivity index (χ0v) is 19.1. The molecule has 0 atom stereocenters. The highest BCUT2D eigenvalue weighted by Gasteiger charge is 2.34. The predicted molar refractivity (Wildman–Crippen MR) is 122 cm³/mol. The molecule has 1 heterocycles. The van der Waals surface area contributed by atoms with Crippen LogP contribution in [0.2, 0.25) is 0 Å². The topological polar surface area (TPSA) is 76.6 Å². The van der Waals surface area contributed by atoms with Gasteiger partial charge in [-0.1, -0.05) is 55.7 Å². The number of thiazole rings is 1. The summed E-state index contributed by atoms with van der Waals surface area (Å²) in [5.74, 6) is -0.480. The summed E-state index contributed by atoms with van der Waals surface area (Å²) in [5, 5.41) is 3.84. The molecule has 1 aliphatic carbocycles. The van der Waals surface area contributed by atoms with Crippen molar-refractivity contribution in [1.82, 2.24) is 9.29 Å². The van der Waals surface area contributed by atoms with Crippen LogP contribution in [-0.2, 0) is 21.3 Å². The molecule has 0 amide bonds. The third-order valence-electron chi connectivity index (χ3n) is 5.65. The smallest absolute Gasteiger partial charge is 0.357 e. The minimum absolute atomic E-state index is 0.0762. The van der Waals surface area contributed by atoms with Gasteiger partial charge >= 0.3 is 5.97 Å². The summed E-state index contributed by atoms with van der Waals surface area (Å²) in [5.41, 5.74) is 0.230. The number of fused-ring (bicyclic) bond motifs is 1. The van der Waals surface area contributed by atoms with E-state index in [0.717, 1.165) is 42.9 Å². The first-order chi connectivity index (χ1) is 15.0. The number of carbonyl (C=O) groups is 1. The van der Waals surface area contributed by atoms with E-state index in [2.05, 4.69) is 4.98 Å². The molecule has 1 aromatic heterocycles. The van der Waals surface area contributed by atoms with E-state index >= 15 is 0 Å². The van der Waals surface area contributed by atoms with E-state index in [1.165, 1.54) is 11.3 Å². The van der Waals surface area contributed by atoms with Crippen LogP contribution in [-0.4, -0.2) is 36.3 Å². The normalized spacial score (nSPS) is 15.4. The Morgan fingerprint density at radius 2 is 1.87 bits per heavy atom. The Bertz CT molecular complexity index is 1160. The van der Waals surface area contributed by atoms with E-state index in [-0.39, 0.29) is 24.9 Å². The lowest BCUT2D eigenvalue weighted by Gasteiger charge is -2.33. The number of ether oxygens (including phenoxy) is 1. The van der Waals surface area contributed by atoms with E-state index < -0.39 is 16.0 Å². The fraction of sp³-hybridized carbons (Fsp3) is 0.391. The Balaban J connectivity index is 1.72. The Hall–Kier alpha value is -2.29. The Labute approximate surface area is 186 Å². The molecule has 164 valence electrons. The first kappa shape index (κ1) is 21.9. The summed E-state index contributed by atoms with van der Waals surface area (Å²) < 4.78 is 34.4. The van der Waals surface area contributed by atoms with Gasteiger partial charge in [0.05, 0.1) is 18.0 Å². The number of carbonyl (C=O) groups excluding carboxylic acids is 1. The fourth-order valence-electron chi connectivity index (χ4n) is 4.14. The second-order valence-corrected chi connectivity index (χ2v) is 10.5. The molecule has 6 nitrogen and oxygen atoms in total. The average molecular weight is 459 g/mol. The Morgan fingerprint density at radius 3 is 2.65 bits per heavy atom. The molecule has 0 aliphatic heterocycles. The van der Waals surface area contributed by atoms with Gasteiger partial charge in [-0.05, 0) is 31.2 Å². The standard InChI is InChI=1S/C23H26N2O4S2/c1-2-29-23(26)20-16-30-22(24-20)15-25(18-11-4-3-5-12-18)31(27,28)21-14-8-10-17-9-6-7-13-19(17)21/h6-10,13-14,16,18H,2-5,11-12,15H2,1H3. The second kappa shape index (κ2) is 9.46. The molecule has 0 bridgehead atoms.